The standard InChI is InChI=1S/C12H17NO2S/c1-12(7-8-16(14,15)10-12)13-9-11-5-3-2-4-6-11/h2-6,13H,7-10H2,1H3/t12-/m0/s1. The highest BCUT2D eigenvalue weighted by atomic mass is 32.2. The largest absolute Gasteiger partial charge is 0.306 e. The lowest BCUT2D eigenvalue weighted by molar-refractivity contribution is 0.395. The van der Waals surface area contributed by atoms with Crippen LogP contribution in [-0.2, 0) is 16.4 Å². The molecule has 0 bridgehead atoms. The highest BCUT2D eigenvalue weighted by molar-refractivity contribution is 7.91. The first-order valence-corrected chi connectivity index (χ1v) is 7.31. The van der Waals surface area contributed by atoms with E-state index in [2.05, 4.69) is 5.32 Å². The quantitative estimate of drug-likeness (QED) is 0.866. The molecule has 1 aromatic rings. The Morgan fingerprint density at radius 3 is 2.56 bits per heavy atom. The zero-order valence-electron chi connectivity index (χ0n) is 9.44. The molecule has 0 unspecified atom stereocenters. The predicted octanol–water partition coefficient (Wildman–Crippen LogP) is 1.35. The van der Waals surface area contributed by atoms with E-state index >= 15 is 0 Å². The van der Waals surface area contributed by atoms with E-state index in [9.17, 15) is 8.42 Å². The monoisotopic (exact) mass is 239 g/mol. The highest BCUT2D eigenvalue weighted by Gasteiger charge is 2.37. The van der Waals surface area contributed by atoms with Crippen molar-refractivity contribution in [2.24, 2.45) is 0 Å². The Morgan fingerprint density at radius 1 is 1.31 bits per heavy atom. The van der Waals surface area contributed by atoms with Gasteiger partial charge in [-0.3, -0.25) is 0 Å². The van der Waals surface area contributed by atoms with E-state index in [4.69, 9.17) is 0 Å². The lowest BCUT2D eigenvalue weighted by Crippen LogP contribution is -2.42. The molecule has 0 aromatic heterocycles. The van der Waals surface area contributed by atoms with Gasteiger partial charge in [0.2, 0.25) is 0 Å². The number of benzene rings is 1. The molecule has 0 spiro atoms. The van der Waals surface area contributed by atoms with Gasteiger partial charge in [0.1, 0.15) is 0 Å². The van der Waals surface area contributed by atoms with Crippen LogP contribution in [0.5, 0.6) is 0 Å². The summed E-state index contributed by atoms with van der Waals surface area (Å²) in [5, 5.41) is 3.35. The molecule has 1 aliphatic heterocycles. The third kappa shape index (κ3) is 2.83. The minimum Gasteiger partial charge on any atom is -0.306 e. The van der Waals surface area contributed by atoms with Crippen molar-refractivity contribution in [2.75, 3.05) is 11.5 Å². The van der Waals surface area contributed by atoms with Crippen LogP contribution in [0, 0.1) is 0 Å². The fourth-order valence-corrected chi connectivity index (χ4v) is 4.18. The highest BCUT2D eigenvalue weighted by Crippen LogP contribution is 2.23. The Balaban J connectivity index is 1.96. The zero-order valence-corrected chi connectivity index (χ0v) is 10.3. The second kappa shape index (κ2) is 4.18. The summed E-state index contributed by atoms with van der Waals surface area (Å²) in [7, 11) is -2.82. The molecular formula is C12H17NO2S. The summed E-state index contributed by atoms with van der Waals surface area (Å²) < 4.78 is 22.8. The van der Waals surface area contributed by atoms with Crippen molar-refractivity contribution in [1.29, 1.82) is 0 Å². The van der Waals surface area contributed by atoms with Crippen LogP contribution >= 0.6 is 0 Å². The minimum absolute atomic E-state index is 0.255. The van der Waals surface area contributed by atoms with Gasteiger partial charge in [-0.2, -0.15) is 0 Å². The lowest BCUT2D eigenvalue weighted by Gasteiger charge is -2.23. The van der Waals surface area contributed by atoms with Gasteiger partial charge in [0.25, 0.3) is 0 Å². The molecular weight excluding hydrogens is 222 g/mol. The zero-order chi connectivity index (χ0) is 11.6. The molecule has 1 fully saturated rings. The van der Waals surface area contributed by atoms with Crippen molar-refractivity contribution in [3.05, 3.63) is 35.9 Å². The van der Waals surface area contributed by atoms with Crippen LogP contribution in [0.4, 0.5) is 0 Å². The Hall–Kier alpha value is -0.870. The van der Waals surface area contributed by atoms with Crippen LogP contribution in [-0.4, -0.2) is 25.5 Å². The van der Waals surface area contributed by atoms with Gasteiger partial charge in [-0.1, -0.05) is 30.3 Å². The van der Waals surface area contributed by atoms with Crippen LogP contribution in [0.3, 0.4) is 0 Å². The van der Waals surface area contributed by atoms with Crippen molar-refractivity contribution >= 4 is 9.84 Å². The average Bonchev–Trinajstić information content (AvgIpc) is 2.53. The minimum atomic E-state index is -2.82. The summed E-state index contributed by atoms with van der Waals surface area (Å²) in [6, 6.07) is 10.0. The predicted molar refractivity (Wildman–Crippen MR) is 65.0 cm³/mol. The van der Waals surface area contributed by atoms with Crippen molar-refractivity contribution in [3.8, 4) is 0 Å². The summed E-state index contributed by atoms with van der Waals surface area (Å²) in [5.74, 6) is 0.568. The van der Waals surface area contributed by atoms with E-state index in [0.717, 1.165) is 6.54 Å². The molecule has 1 N–H and O–H groups in total. The van der Waals surface area contributed by atoms with Crippen molar-refractivity contribution in [3.63, 3.8) is 0 Å². The van der Waals surface area contributed by atoms with Gasteiger partial charge in [0, 0.05) is 12.1 Å². The fourth-order valence-electron chi connectivity index (χ4n) is 2.06. The molecule has 1 saturated heterocycles. The maximum Gasteiger partial charge on any atom is 0.152 e. The molecule has 2 rings (SSSR count). The summed E-state index contributed by atoms with van der Waals surface area (Å²) in [5.41, 5.74) is 0.933. The van der Waals surface area contributed by atoms with Crippen LogP contribution in [0.2, 0.25) is 0 Å². The molecule has 4 heteroatoms. The molecule has 1 aliphatic rings. The van der Waals surface area contributed by atoms with E-state index in [1.807, 2.05) is 37.3 Å². The molecule has 1 aromatic carbocycles. The number of rotatable bonds is 3. The van der Waals surface area contributed by atoms with Gasteiger partial charge >= 0.3 is 0 Å². The van der Waals surface area contributed by atoms with Crippen LogP contribution in [0.25, 0.3) is 0 Å². The molecule has 16 heavy (non-hydrogen) atoms. The summed E-state index contributed by atoms with van der Waals surface area (Å²) >= 11 is 0. The Labute approximate surface area is 96.8 Å². The third-order valence-corrected chi connectivity index (χ3v) is 4.97. The molecule has 0 radical (unpaired) electrons. The van der Waals surface area contributed by atoms with Crippen molar-refractivity contribution in [1.82, 2.24) is 5.32 Å². The smallest absolute Gasteiger partial charge is 0.152 e. The Bertz CT molecular complexity index is 455. The first-order chi connectivity index (χ1) is 7.49. The molecule has 0 amide bonds. The maximum atomic E-state index is 11.4. The second-order valence-electron chi connectivity index (χ2n) is 4.74. The lowest BCUT2D eigenvalue weighted by atomic mass is 10.0. The van der Waals surface area contributed by atoms with Gasteiger partial charge in [-0.15, -0.1) is 0 Å². The number of hydrogen-bond acceptors (Lipinski definition) is 3. The maximum absolute atomic E-state index is 11.4. The SMILES string of the molecule is C[C@]1(NCc2ccccc2)CCS(=O)(=O)C1. The van der Waals surface area contributed by atoms with Gasteiger partial charge in [0.05, 0.1) is 11.5 Å². The van der Waals surface area contributed by atoms with Crippen LogP contribution < -0.4 is 5.32 Å². The van der Waals surface area contributed by atoms with Crippen LogP contribution in [0.1, 0.15) is 18.9 Å². The average molecular weight is 239 g/mol. The van der Waals surface area contributed by atoms with Gasteiger partial charge < -0.3 is 5.32 Å². The number of hydrogen-bond donors (Lipinski definition) is 1. The van der Waals surface area contributed by atoms with Gasteiger partial charge in [0.15, 0.2) is 9.84 Å². The van der Waals surface area contributed by atoms with E-state index in [1.54, 1.807) is 0 Å². The molecule has 1 heterocycles. The first kappa shape index (κ1) is 11.6. The molecule has 3 nitrogen and oxygen atoms in total. The normalized spacial score (nSPS) is 28.1. The summed E-state index contributed by atoms with van der Waals surface area (Å²) in [6.07, 6.45) is 0.710. The Kier molecular flexibility index (Phi) is 3.04. The van der Waals surface area contributed by atoms with E-state index in [1.165, 1.54) is 5.56 Å². The molecule has 0 saturated carbocycles. The molecule has 1 atom stereocenters. The summed E-state index contributed by atoms with van der Waals surface area (Å²) in [6.45, 7) is 2.72. The van der Waals surface area contributed by atoms with Crippen LogP contribution in [0.15, 0.2) is 30.3 Å². The summed E-state index contributed by atoms with van der Waals surface area (Å²) in [4.78, 5) is 0. The Morgan fingerprint density at radius 2 is 2.00 bits per heavy atom. The fraction of sp³-hybridized carbons (Fsp3) is 0.500. The van der Waals surface area contributed by atoms with Gasteiger partial charge in [-0.05, 0) is 18.9 Å². The molecule has 0 aliphatic carbocycles. The number of sulfone groups is 1. The first-order valence-electron chi connectivity index (χ1n) is 5.49. The van der Waals surface area contributed by atoms with E-state index in [-0.39, 0.29) is 11.3 Å². The third-order valence-electron chi connectivity index (χ3n) is 3.07. The second-order valence-corrected chi connectivity index (χ2v) is 6.93. The number of nitrogens with one attached hydrogen (secondary N) is 1. The van der Waals surface area contributed by atoms with E-state index < -0.39 is 9.84 Å². The molecule has 88 valence electrons. The van der Waals surface area contributed by atoms with Crippen molar-refractivity contribution in [2.45, 2.75) is 25.4 Å². The van der Waals surface area contributed by atoms with E-state index in [0.29, 0.717) is 12.2 Å². The topological polar surface area (TPSA) is 46.2 Å². The van der Waals surface area contributed by atoms with Gasteiger partial charge in [-0.25, -0.2) is 8.42 Å². The van der Waals surface area contributed by atoms with Crippen molar-refractivity contribution < 1.29 is 8.42 Å².